The molecule has 0 aliphatic heterocycles. The number of hydrogen-bond donors (Lipinski definition) is 1. The van der Waals surface area contributed by atoms with Crippen LogP contribution in [0, 0.1) is 35.8 Å². The molecule has 0 aromatic heterocycles. The van der Waals surface area contributed by atoms with E-state index in [1.807, 2.05) is 0 Å². The highest BCUT2D eigenvalue weighted by atomic mass is 19.2. The number of benzene rings is 1. The van der Waals surface area contributed by atoms with Crippen LogP contribution in [0.25, 0.3) is 0 Å². The van der Waals surface area contributed by atoms with Crippen molar-refractivity contribution in [2.75, 3.05) is 6.54 Å². The molecule has 1 aliphatic carbocycles. The molecule has 3 unspecified atom stereocenters. The third-order valence-corrected chi connectivity index (χ3v) is 5.23. The van der Waals surface area contributed by atoms with E-state index >= 15 is 0 Å². The molecule has 3 atom stereocenters. The monoisotopic (exact) mass is 295 g/mol. The van der Waals surface area contributed by atoms with E-state index in [0.717, 1.165) is 19.3 Å². The minimum absolute atomic E-state index is 0.0306. The van der Waals surface area contributed by atoms with Gasteiger partial charge in [0, 0.05) is 0 Å². The lowest BCUT2D eigenvalue weighted by Gasteiger charge is -2.42. The molecule has 1 aliphatic rings. The first-order valence-electron chi connectivity index (χ1n) is 7.90. The van der Waals surface area contributed by atoms with Crippen molar-refractivity contribution >= 4 is 0 Å². The van der Waals surface area contributed by atoms with Gasteiger partial charge in [0.2, 0.25) is 0 Å². The van der Waals surface area contributed by atoms with Gasteiger partial charge in [0.25, 0.3) is 0 Å². The Bertz CT molecular complexity index is 505. The predicted octanol–water partition coefficient (Wildman–Crippen LogP) is 4.78. The van der Waals surface area contributed by atoms with Crippen molar-refractivity contribution in [3.8, 4) is 0 Å². The first-order valence-corrected chi connectivity index (χ1v) is 7.90. The van der Waals surface area contributed by atoms with Crippen molar-refractivity contribution in [2.24, 2.45) is 23.0 Å². The van der Waals surface area contributed by atoms with Crippen molar-refractivity contribution in [3.63, 3.8) is 0 Å². The molecule has 1 fully saturated rings. The van der Waals surface area contributed by atoms with Gasteiger partial charge in [-0.15, -0.1) is 0 Å². The molecular weight excluding hydrogens is 268 g/mol. The molecule has 3 heteroatoms. The minimum atomic E-state index is -0.707. The average Bonchev–Trinajstić information content (AvgIpc) is 2.43. The van der Waals surface area contributed by atoms with Gasteiger partial charge in [-0.05, 0) is 67.0 Å². The summed E-state index contributed by atoms with van der Waals surface area (Å²) >= 11 is 0. The van der Waals surface area contributed by atoms with Crippen LogP contribution in [0.2, 0.25) is 0 Å². The first-order chi connectivity index (χ1) is 9.75. The molecule has 0 radical (unpaired) electrons. The van der Waals surface area contributed by atoms with E-state index < -0.39 is 11.6 Å². The molecule has 1 saturated carbocycles. The number of halogens is 2. The molecule has 0 spiro atoms. The Morgan fingerprint density at radius 1 is 1.14 bits per heavy atom. The maximum Gasteiger partial charge on any atom is 0.162 e. The summed E-state index contributed by atoms with van der Waals surface area (Å²) in [5.41, 5.74) is 6.96. The third kappa shape index (κ3) is 3.28. The van der Waals surface area contributed by atoms with Crippen LogP contribution in [0.1, 0.15) is 57.1 Å². The summed E-state index contributed by atoms with van der Waals surface area (Å²) in [6, 6.07) is 3.44. The van der Waals surface area contributed by atoms with Crippen molar-refractivity contribution in [3.05, 3.63) is 34.9 Å². The van der Waals surface area contributed by atoms with Gasteiger partial charge in [-0.2, -0.15) is 0 Å². The van der Waals surface area contributed by atoms with E-state index in [2.05, 4.69) is 20.8 Å². The number of nitrogens with two attached hydrogens (primary N) is 1. The Labute approximate surface area is 126 Å². The fourth-order valence-corrected chi connectivity index (χ4v) is 3.63. The van der Waals surface area contributed by atoms with Crippen molar-refractivity contribution < 1.29 is 8.78 Å². The molecule has 1 aromatic carbocycles. The van der Waals surface area contributed by atoms with Gasteiger partial charge in [-0.1, -0.05) is 32.9 Å². The van der Waals surface area contributed by atoms with Crippen LogP contribution >= 0.6 is 0 Å². The Morgan fingerprint density at radius 3 is 2.38 bits per heavy atom. The lowest BCUT2D eigenvalue weighted by atomic mass is 9.64. The van der Waals surface area contributed by atoms with Crippen LogP contribution in [0.3, 0.4) is 0 Å². The fourth-order valence-electron chi connectivity index (χ4n) is 3.63. The Balaban J connectivity index is 2.36. The van der Waals surface area contributed by atoms with Gasteiger partial charge in [-0.3, -0.25) is 0 Å². The molecule has 2 N–H and O–H groups in total. The summed E-state index contributed by atoms with van der Waals surface area (Å²) in [6.07, 6.45) is 3.01. The van der Waals surface area contributed by atoms with Gasteiger partial charge >= 0.3 is 0 Å². The molecule has 1 aromatic rings. The normalized spacial score (nSPS) is 26.9. The van der Waals surface area contributed by atoms with Crippen LogP contribution in [0.4, 0.5) is 8.78 Å². The number of hydrogen-bond acceptors (Lipinski definition) is 1. The van der Waals surface area contributed by atoms with Crippen LogP contribution in [-0.2, 0) is 0 Å². The highest BCUT2D eigenvalue weighted by molar-refractivity contribution is 5.29. The zero-order valence-corrected chi connectivity index (χ0v) is 13.5. The molecule has 2 rings (SSSR count). The second kappa shape index (κ2) is 6.04. The van der Waals surface area contributed by atoms with Crippen LogP contribution < -0.4 is 5.73 Å². The van der Waals surface area contributed by atoms with Crippen molar-refractivity contribution in [1.82, 2.24) is 0 Å². The lowest BCUT2D eigenvalue weighted by molar-refractivity contribution is 0.131. The van der Waals surface area contributed by atoms with Crippen molar-refractivity contribution in [2.45, 2.75) is 52.9 Å². The Morgan fingerprint density at radius 2 is 1.81 bits per heavy atom. The quantitative estimate of drug-likeness (QED) is 0.835. The van der Waals surface area contributed by atoms with Crippen LogP contribution in [0.5, 0.6) is 0 Å². The maximum atomic E-state index is 14.4. The third-order valence-electron chi connectivity index (χ3n) is 5.23. The average molecular weight is 295 g/mol. The van der Waals surface area contributed by atoms with Crippen molar-refractivity contribution in [1.29, 1.82) is 0 Å². The molecule has 118 valence electrons. The van der Waals surface area contributed by atoms with Crippen LogP contribution in [-0.4, -0.2) is 6.54 Å². The maximum absolute atomic E-state index is 14.4. The number of rotatable bonds is 2. The van der Waals surface area contributed by atoms with E-state index in [1.54, 1.807) is 19.1 Å². The van der Waals surface area contributed by atoms with E-state index in [-0.39, 0.29) is 17.3 Å². The van der Waals surface area contributed by atoms with E-state index in [1.165, 1.54) is 0 Å². The summed E-state index contributed by atoms with van der Waals surface area (Å²) < 4.78 is 28.3. The SMILES string of the molecule is Cc1ccc(C2CC(C(C)(C)C)CCC2CN)c(F)c1F. The summed E-state index contributed by atoms with van der Waals surface area (Å²) in [5, 5.41) is 0. The smallest absolute Gasteiger partial charge is 0.162 e. The van der Waals surface area contributed by atoms with Gasteiger partial charge in [-0.25, -0.2) is 8.78 Å². The standard InChI is InChI=1S/C18H27F2N/c1-11-5-8-14(17(20)16(11)19)15-9-13(18(2,3)4)7-6-12(15)10-21/h5,8,12-13,15H,6-7,9-10,21H2,1-4H3. The van der Waals surface area contributed by atoms with Gasteiger partial charge < -0.3 is 5.73 Å². The minimum Gasteiger partial charge on any atom is -0.330 e. The van der Waals surface area contributed by atoms with E-state index in [4.69, 9.17) is 5.73 Å². The summed E-state index contributed by atoms with van der Waals surface area (Å²) in [6.45, 7) is 8.81. The summed E-state index contributed by atoms with van der Waals surface area (Å²) in [7, 11) is 0. The topological polar surface area (TPSA) is 26.0 Å². The zero-order valence-electron chi connectivity index (χ0n) is 13.5. The highest BCUT2D eigenvalue weighted by Gasteiger charge is 2.37. The second-order valence-electron chi connectivity index (χ2n) is 7.58. The second-order valence-corrected chi connectivity index (χ2v) is 7.58. The van der Waals surface area contributed by atoms with Gasteiger partial charge in [0.1, 0.15) is 0 Å². The lowest BCUT2D eigenvalue weighted by Crippen LogP contribution is -2.34. The highest BCUT2D eigenvalue weighted by Crippen LogP contribution is 2.47. The molecule has 0 saturated heterocycles. The number of aryl methyl sites for hydroxylation is 1. The molecular formula is C18H27F2N. The largest absolute Gasteiger partial charge is 0.330 e. The van der Waals surface area contributed by atoms with Gasteiger partial charge in [0.05, 0.1) is 0 Å². The molecule has 0 heterocycles. The predicted molar refractivity (Wildman–Crippen MR) is 83.2 cm³/mol. The van der Waals surface area contributed by atoms with E-state index in [0.29, 0.717) is 23.6 Å². The molecule has 21 heavy (non-hydrogen) atoms. The Hall–Kier alpha value is -0.960. The molecule has 0 amide bonds. The van der Waals surface area contributed by atoms with E-state index in [9.17, 15) is 8.78 Å². The molecule has 0 bridgehead atoms. The van der Waals surface area contributed by atoms with Gasteiger partial charge in [0.15, 0.2) is 11.6 Å². The molecule has 1 nitrogen and oxygen atoms in total. The zero-order chi connectivity index (χ0) is 15.8. The first kappa shape index (κ1) is 16.4. The fraction of sp³-hybridized carbons (Fsp3) is 0.667. The summed E-state index contributed by atoms with van der Waals surface area (Å²) in [5.74, 6) is -0.577. The Kier molecular flexibility index (Phi) is 4.72. The summed E-state index contributed by atoms with van der Waals surface area (Å²) in [4.78, 5) is 0. The van der Waals surface area contributed by atoms with Crippen LogP contribution in [0.15, 0.2) is 12.1 Å².